The second kappa shape index (κ2) is 9.97. The molecule has 1 aliphatic carbocycles. The van der Waals surface area contributed by atoms with Gasteiger partial charge in [-0.05, 0) is 76.6 Å². The summed E-state index contributed by atoms with van der Waals surface area (Å²) in [7, 11) is 0. The average molecular weight is 449 g/mol. The van der Waals surface area contributed by atoms with E-state index in [0.29, 0.717) is 0 Å². The van der Waals surface area contributed by atoms with Crippen molar-refractivity contribution in [1.29, 1.82) is 0 Å². The van der Waals surface area contributed by atoms with E-state index in [2.05, 4.69) is 97.1 Å². The van der Waals surface area contributed by atoms with Crippen LogP contribution in [0.4, 0.5) is 0 Å². The summed E-state index contributed by atoms with van der Waals surface area (Å²) >= 11 is 0. The monoisotopic (exact) mass is 448 g/mol. The van der Waals surface area contributed by atoms with E-state index in [4.69, 9.17) is 0 Å². The quantitative estimate of drug-likeness (QED) is 0.304. The largest absolute Gasteiger partial charge is 0.396 e. The van der Waals surface area contributed by atoms with Crippen LogP contribution >= 0.6 is 0 Å². The number of fused-ring (bicyclic) bond motifs is 3. The fourth-order valence-electron chi connectivity index (χ4n) is 5.88. The molecule has 2 nitrogen and oxygen atoms in total. The summed E-state index contributed by atoms with van der Waals surface area (Å²) in [5.41, 5.74) is 10.3. The van der Waals surface area contributed by atoms with Crippen molar-refractivity contribution < 1.29 is 10.2 Å². The molecule has 0 saturated carbocycles. The lowest BCUT2D eigenvalue weighted by Crippen LogP contribution is -2.29. The molecule has 0 radical (unpaired) electrons. The minimum Gasteiger partial charge on any atom is -0.396 e. The molecule has 1 aliphatic rings. The zero-order chi connectivity index (χ0) is 23.4. The molecule has 0 unspecified atom stereocenters. The smallest absolute Gasteiger partial charge is 0.0434 e. The van der Waals surface area contributed by atoms with E-state index in [1.54, 1.807) is 0 Å². The van der Waals surface area contributed by atoms with Crippen molar-refractivity contribution in [1.82, 2.24) is 0 Å². The summed E-state index contributed by atoms with van der Waals surface area (Å²) in [5.74, 6) is 0. The first-order chi connectivity index (χ1) is 16.8. The van der Waals surface area contributed by atoms with Crippen molar-refractivity contribution in [3.8, 4) is 22.3 Å². The first-order valence-corrected chi connectivity index (χ1v) is 12.4. The molecule has 2 N–H and O–H groups in total. The Balaban J connectivity index is 1.66. The number of hydrogen-bond acceptors (Lipinski definition) is 2. The molecule has 0 atom stereocenters. The van der Waals surface area contributed by atoms with Crippen LogP contribution in [0.25, 0.3) is 22.3 Å². The Morgan fingerprint density at radius 1 is 0.500 bits per heavy atom. The van der Waals surface area contributed by atoms with Gasteiger partial charge < -0.3 is 10.2 Å². The molecular weight excluding hydrogens is 416 g/mol. The van der Waals surface area contributed by atoms with Gasteiger partial charge in [-0.15, -0.1) is 0 Å². The predicted octanol–water partition coefficient (Wildman–Crippen LogP) is 6.56. The van der Waals surface area contributed by atoms with Gasteiger partial charge in [-0.2, -0.15) is 0 Å². The summed E-state index contributed by atoms with van der Waals surface area (Å²) < 4.78 is 0. The van der Waals surface area contributed by atoms with E-state index in [-0.39, 0.29) is 18.6 Å². The predicted molar refractivity (Wildman–Crippen MR) is 140 cm³/mol. The van der Waals surface area contributed by atoms with Crippen LogP contribution in [0.3, 0.4) is 0 Å². The molecule has 4 aromatic carbocycles. The Morgan fingerprint density at radius 2 is 0.971 bits per heavy atom. The lowest BCUT2D eigenvalue weighted by atomic mass is 9.69. The lowest BCUT2D eigenvalue weighted by Gasteiger charge is -2.33. The van der Waals surface area contributed by atoms with Gasteiger partial charge >= 0.3 is 0 Å². The zero-order valence-electron chi connectivity index (χ0n) is 19.6. The summed E-state index contributed by atoms with van der Waals surface area (Å²) in [5, 5.41) is 19.2. The van der Waals surface area contributed by atoms with Crippen LogP contribution < -0.4 is 0 Å². The van der Waals surface area contributed by atoms with Gasteiger partial charge in [0.05, 0.1) is 0 Å². The number of aliphatic hydroxyl groups is 2. The zero-order valence-corrected chi connectivity index (χ0v) is 19.6. The standard InChI is InChI=1S/C32H32O2/c33-21-9-13-24-11-1-3-14-26(24)27-15-4-2-12-25(27)23-32(20-10-22-34)30-18-7-5-16-28(30)29-17-6-8-19-31(29)32/h1-8,11-12,14-19,33-34H,9-10,13,20-23H2. The second-order valence-corrected chi connectivity index (χ2v) is 9.32. The second-order valence-electron chi connectivity index (χ2n) is 9.32. The van der Waals surface area contributed by atoms with E-state index in [0.717, 1.165) is 32.1 Å². The van der Waals surface area contributed by atoms with Crippen molar-refractivity contribution in [3.63, 3.8) is 0 Å². The van der Waals surface area contributed by atoms with Crippen LogP contribution in [-0.2, 0) is 18.3 Å². The third-order valence-electron chi connectivity index (χ3n) is 7.36. The fourth-order valence-corrected chi connectivity index (χ4v) is 5.88. The molecule has 172 valence electrons. The van der Waals surface area contributed by atoms with Gasteiger partial charge in [0.2, 0.25) is 0 Å². The average Bonchev–Trinajstić information content (AvgIpc) is 3.17. The van der Waals surface area contributed by atoms with Crippen LogP contribution in [0.5, 0.6) is 0 Å². The summed E-state index contributed by atoms with van der Waals surface area (Å²) in [6.07, 6.45) is 4.17. The van der Waals surface area contributed by atoms with E-state index in [1.807, 2.05) is 0 Å². The van der Waals surface area contributed by atoms with Gasteiger partial charge in [0.15, 0.2) is 0 Å². The Bertz CT molecular complexity index is 1230. The molecular formula is C32H32O2. The molecule has 0 fully saturated rings. The van der Waals surface area contributed by atoms with Gasteiger partial charge in [0, 0.05) is 18.6 Å². The molecule has 0 heterocycles. The molecule has 0 amide bonds. The van der Waals surface area contributed by atoms with E-state index in [9.17, 15) is 10.2 Å². The van der Waals surface area contributed by atoms with Crippen LogP contribution in [-0.4, -0.2) is 23.4 Å². The molecule has 0 aliphatic heterocycles. The van der Waals surface area contributed by atoms with Crippen molar-refractivity contribution >= 4 is 0 Å². The molecule has 0 saturated heterocycles. The van der Waals surface area contributed by atoms with Gasteiger partial charge in [0.1, 0.15) is 0 Å². The Labute approximate surface area is 202 Å². The van der Waals surface area contributed by atoms with Gasteiger partial charge in [-0.1, -0.05) is 97.1 Å². The van der Waals surface area contributed by atoms with Crippen molar-refractivity contribution in [2.75, 3.05) is 13.2 Å². The van der Waals surface area contributed by atoms with Crippen LogP contribution in [0.1, 0.15) is 41.5 Å². The van der Waals surface area contributed by atoms with E-state index < -0.39 is 0 Å². The Kier molecular flexibility index (Phi) is 6.62. The molecule has 5 rings (SSSR count). The molecule has 2 heteroatoms. The van der Waals surface area contributed by atoms with Crippen molar-refractivity contribution in [3.05, 3.63) is 119 Å². The third-order valence-corrected chi connectivity index (χ3v) is 7.36. The van der Waals surface area contributed by atoms with E-state index in [1.165, 1.54) is 44.5 Å². The number of aliphatic hydroxyl groups excluding tert-OH is 2. The maximum atomic E-state index is 9.83. The fraction of sp³-hybridized carbons (Fsp3) is 0.250. The normalized spacial score (nSPS) is 13.5. The molecule has 34 heavy (non-hydrogen) atoms. The number of hydrogen-bond donors (Lipinski definition) is 2. The van der Waals surface area contributed by atoms with Gasteiger partial charge in [0.25, 0.3) is 0 Å². The first kappa shape index (κ1) is 22.6. The summed E-state index contributed by atoms with van der Waals surface area (Å²) in [4.78, 5) is 0. The summed E-state index contributed by atoms with van der Waals surface area (Å²) in [6.45, 7) is 0.394. The van der Waals surface area contributed by atoms with Crippen LogP contribution in [0.2, 0.25) is 0 Å². The number of benzene rings is 4. The minimum atomic E-state index is -0.175. The van der Waals surface area contributed by atoms with Gasteiger partial charge in [-0.25, -0.2) is 0 Å². The Morgan fingerprint density at radius 3 is 1.56 bits per heavy atom. The van der Waals surface area contributed by atoms with Crippen molar-refractivity contribution in [2.24, 2.45) is 0 Å². The SMILES string of the molecule is OCCCc1ccccc1-c1ccccc1CC1(CCCO)c2ccccc2-c2ccccc21. The number of rotatable bonds is 9. The highest BCUT2D eigenvalue weighted by Gasteiger charge is 2.42. The third kappa shape index (κ3) is 3.98. The lowest BCUT2D eigenvalue weighted by molar-refractivity contribution is 0.269. The van der Waals surface area contributed by atoms with Crippen molar-refractivity contribution in [2.45, 2.75) is 37.5 Å². The molecule has 0 bridgehead atoms. The molecule has 0 aromatic heterocycles. The van der Waals surface area contributed by atoms with Crippen LogP contribution in [0.15, 0.2) is 97.1 Å². The summed E-state index contributed by atoms with van der Waals surface area (Å²) in [6, 6.07) is 35.0. The topological polar surface area (TPSA) is 40.5 Å². The first-order valence-electron chi connectivity index (χ1n) is 12.4. The highest BCUT2D eigenvalue weighted by molar-refractivity contribution is 5.82. The molecule has 4 aromatic rings. The maximum Gasteiger partial charge on any atom is 0.0434 e. The Hall–Kier alpha value is -3.20. The highest BCUT2D eigenvalue weighted by Crippen LogP contribution is 2.53. The maximum absolute atomic E-state index is 9.83. The highest BCUT2D eigenvalue weighted by atomic mass is 16.3. The minimum absolute atomic E-state index is 0.175. The van der Waals surface area contributed by atoms with Gasteiger partial charge in [-0.3, -0.25) is 0 Å². The molecule has 0 spiro atoms. The number of aryl methyl sites for hydroxylation is 1. The van der Waals surface area contributed by atoms with Crippen LogP contribution in [0, 0.1) is 0 Å². The van der Waals surface area contributed by atoms with E-state index >= 15 is 0 Å².